The molecule has 0 bridgehead atoms. The van der Waals surface area contributed by atoms with Crippen LogP contribution in [-0.2, 0) is 0 Å². The van der Waals surface area contributed by atoms with Crippen molar-refractivity contribution in [2.45, 2.75) is 0 Å². The van der Waals surface area contributed by atoms with Crippen molar-refractivity contribution in [3.05, 3.63) is 64.1 Å². The molecule has 0 atom stereocenters. The molecule has 0 aliphatic heterocycles. The highest BCUT2D eigenvalue weighted by atomic mass is 35.5. The van der Waals surface area contributed by atoms with E-state index in [1.54, 1.807) is 48.3 Å². The Bertz CT molecular complexity index is 631. The van der Waals surface area contributed by atoms with Crippen LogP contribution in [-0.4, -0.2) is 31.0 Å². The average molecular weight is 324 g/mol. The highest BCUT2D eigenvalue weighted by Crippen LogP contribution is 2.18. The van der Waals surface area contributed by atoms with Crippen LogP contribution in [0.2, 0.25) is 10.0 Å². The number of nitrogens with zero attached hydrogens (tertiary/aromatic N) is 1. The maximum atomic E-state index is 12.2. The lowest BCUT2D eigenvalue weighted by Crippen LogP contribution is -2.31. The van der Waals surface area contributed by atoms with E-state index in [9.17, 15) is 4.79 Å². The van der Waals surface area contributed by atoms with E-state index >= 15 is 0 Å². The van der Waals surface area contributed by atoms with Crippen LogP contribution in [0.15, 0.2) is 48.5 Å². The first-order valence-electron chi connectivity index (χ1n) is 6.46. The Morgan fingerprint density at radius 2 is 1.90 bits per heavy atom. The van der Waals surface area contributed by atoms with Crippen molar-refractivity contribution in [2.24, 2.45) is 0 Å². The van der Waals surface area contributed by atoms with Crippen molar-refractivity contribution in [1.82, 2.24) is 4.90 Å². The second-order valence-electron chi connectivity index (χ2n) is 4.51. The minimum Gasteiger partial charge on any atom is -0.492 e. The molecule has 3 nitrogen and oxygen atoms in total. The van der Waals surface area contributed by atoms with Crippen molar-refractivity contribution in [2.75, 3.05) is 20.2 Å². The fourth-order valence-electron chi connectivity index (χ4n) is 1.80. The summed E-state index contributed by atoms with van der Waals surface area (Å²) in [4.78, 5) is 13.8. The molecule has 2 aromatic carbocycles. The van der Waals surface area contributed by atoms with Crippen molar-refractivity contribution >= 4 is 29.1 Å². The molecule has 0 aliphatic rings. The molecule has 110 valence electrons. The molecular weight excluding hydrogens is 309 g/mol. The summed E-state index contributed by atoms with van der Waals surface area (Å²) < 4.78 is 5.56. The Labute approximate surface area is 134 Å². The van der Waals surface area contributed by atoms with E-state index in [-0.39, 0.29) is 5.91 Å². The molecule has 0 N–H and O–H groups in total. The second-order valence-corrected chi connectivity index (χ2v) is 5.36. The molecule has 0 saturated carbocycles. The summed E-state index contributed by atoms with van der Waals surface area (Å²) in [5.41, 5.74) is 0.490. The quantitative estimate of drug-likeness (QED) is 0.827. The Balaban J connectivity index is 1.89. The van der Waals surface area contributed by atoms with Gasteiger partial charge in [-0.3, -0.25) is 4.79 Å². The molecule has 0 unspecified atom stereocenters. The first-order valence-corrected chi connectivity index (χ1v) is 7.22. The number of benzene rings is 2. The third kappa shape index (κ3) is 4.38. The number of rotatable bonds is 5. The van der Waals surface area contributed by atoms with Gasteiger partial charge in [-0.1, -0.05) is 41.4 Å². The fourth-order valence-corrected chi connectivity index (χ4v) is 2.20. The molecule has 0 heterocycles. The summed E-state index contributed by atoms with van der Waals surface area (Å²) >= 11 is 11.9. The van der Waals surface area contributed by atoms with Crippen molar-refractivity contribution in [3.63, 3.8) is 0 Å². The zero-order valence-electron chi connectivity index (χ0n) is 11.6. The zero-order valence-corrected chi connectivity index (χ0v) is 13.1. The largest absolute Gasteiger partial charge is 0.492 e. The van der Waals surface area contributed by atoms with Crippen LogP contribution in [0.1, 0.15) is 10.4 Å². The van der Waals surface area contributed by atoms with E-state index in [4.69, 9.17) is 27.9 Å². The lowest BCUT2D eigenvalue weighted by atomic mass is 10.2. The van der Waals surface area contributed by atoms with Crippen LogP contribution in [0, 0.1) is 0 Å². The van der Waals surface area contributed by atoms with Gasteiger partial charge in [0.25, 0.3) is 5.91 Å². The summed E-state index contributed by atoms with van der Waals surface area (Å²) in [6.45, 7) is 0.837. The summed E-state index contributed by atoms with van der Waals surface area (Å²) in [6, 6.07) is 14.1. The van der Waals surface area contributed by atoms with Gasteiger partial charge in [0.15, 0.2) is 0 Å². The minimum absolute atomic E-state index is 0.129. The molecule has 0 spiro atoms. The van der Waals surface area contributed by atoms with Crippen LogP contribution < -0.4 is 4.74 Å². The molecule has 1 amide bonds. The van der Waals surface area contributed by atoms with Crippen LogP contribution in [0.25, 0.3) is 0 Å². The Hall–Kier alpha value is -1.71. The van der Waals surface area contributed by atoms with E-state index in [1.165, 1.54) is 0 Å². The lowest BCUT2D eigenvalue weighted by Gasteiger charge is -2.18. The third-order valence-electron chi connectivity index (χ3n) is 2.94. The van der Waals surface area contributed by atoms with Crippen LogP contribution in [0.5, 0.6) is 5.75 Å². The summed E-state index contributed by atoms with van der Waals surface area (Å²) in [6.07, 6.45) is 0. The predicted octanol–water partition coefficient (Wildman–Crippen LogP) is 4.14. The molecule has 0 aromatic heterocycles. The number of hydrogen-bond acceptors (Lipinski definition) is 2. The lowest BCUT2D eigenvalue weighted by molar-refractivity contribution is 0.0774. The number of likely N-dealkylation sites (N-methyl/N-ethyl adjacent to an activating group) is 1. The molecule has 21 heavy (non-hydrogen) atoms. The molecule has 2 rings (SSSR count). The number of ether oxygens (including phenoxy) is 1. The zero-order chi connectivity index (χ0) is 15.2. The van der Waals surface area contributed by atoms with Crippen molar-refractivity contribution in [3.8, 4) is 5.75 Å². The van der Waals surface area contributed by atoms with Gasteiger partial charge in [0.2, 0.25) is 0 Å². The number of hydrogen-bond donors (Lipinski definition) is 0. The molecule has 0 fully saturated rings. The van der Waals surface area contributed by atoms with Gasteiger partial charge in [-0.2, -0.15) is 0 Å². The van der Waals surface area contributed by atoms with Gasteiger partial charge >= 0.3 is 0 Å². The first kappa shape index (κ1) is 15.7. The molecular formula is C16H15Cl2NO2. The van der Waals surface area contributed by atoms with Gasteiger partial charge in [-0.15, -0.1) is 0 Å². The standard InChI is InChI=1S/C16H15Cl2NO2/c1-19(16(20)14-7-2-3-8-15(14)18)9-10-21-13-6-4-5-12(17)11-13/h2-8,11H,9-10H2,1H3. The normalized spacial score (nSPS) is 10.2. The summed E-state index contributed by atoms with van der Waals surface area (Å²) in [5, 5.41) is 1.07. The molecule has 5 heteroatoms. The van der Waals surface area contributed by atoms with Gasteiger partial charge in [0.05, 0.1) is 17.1 Å². The number of amides is 1. The van der Waals surface area contributed by atoms with Crippen molar-refractivity contribution < 1.29 is 9.53 Å². The summed E-state index contributed by atoms with van der Waals surface area (Å²) in [7, 11) is 1.72. The topological polar surface area (TPSA) is 29.5 Å². The van der Waals surface area contributed by atoms with E-state index in [2.05, 4.69) is 0 Å². The predicted molar refractivity (Wildman–Crippen MR) is 85.4 cm³/mol. The maximum absolute atomic E-state index is 12.2. The van der Waals surface area contributed by atoms with E-state index < -0.39 is 0 Å². The maximum Gasteiger partial charge on any atom is 0.255 e. The Morgan fingerprint density at radius 3 is 2.62 bits per heavy atom. The van der Waals surface area contributed by atoms with E-state index in [1.807, 2.05) is 12.1 Å². The molecule has 0 radical (unpaired) electrons. The SMILES string of the molecule is CN(CCOc1cccc(Cl)c1)C(=O)c1ccccc1Cl. The van der Waals surface area contributed by atoms with E-state index in [0.717, 1.165) is 0 Å². The number of carbonyl (C=O) groups is 1. The van der Waals surface area contributed by atoms with Gasteiger partial charge in [0.1, 0.15) is 12.4 Å². The molecule has 0 aliphatic carbocycles. The third-order valence-corrected chi connectivity index (χ3v) is 3.51. The van der Waals surface area contributed by atoms with Crippen molar-refractivity contribution in [1.29, 1.82) is 0 Å². The first-order chi connectivity index (χ1) is 10.1. The number of halogens is 2. The Kier molecular flexibility index (Phi) is 5.48. The van der Waals surface area contributed by atoms with Gasteiger partial charge in [-0.05, 0) is 30.3 Å². The smallest absolute Gasteiger partial charge is 0.255 e. The second kappa shape index (κ2) is 7.34. The molecule has 0 saturated heterocycles. The fraction of sp³-hybridized carbons (Fsp3) is 0.188. The monoisotopic (exact) mass is 323 g/mol. The van der Waals surface area contributed by atoms with Crippen LogP contribution in [0.3, 0.4) is 0 Å². The Morgan fingerprint density at radius 1 is 1.14 bits per heavy atom. The minimum atomic E-state index is -0.129. The average Bonchev–Trinajstić information content (AvgIpc) is 2.47. The van der Waals surface area contributed by atoms with Gasteiger partial charge in [0, 0.05) is 12.1 Å². The highest BCUT2D eigenvalue weighted by Gasteiger charge is 2.14. The van der Waals surface area contributed by atoms with Crippen LogP contribution >= 0.6 is 23.2 Å². The summed E-state index contributed by atoms with van der Waals surface area (Å²) in [5.74, 6) is 0.552. The van der Waals surface area contributed by atoms with Gasteiger partial charge in [-0.25, -0.2) is 0 Å². The van der Waals surface area contributed by atoms with Crippen LogP contribution in [0.4, 0.5) is 0 Å². The highest BCUT2D eigenvalue weighted by molar-refractivity contribution is 6.33. The number of carbonyl (C=O) groups excluding carboxylic acids is 1. The van der Waals surface area contributed by atoms with Gasteiger partial charge < -0.3 is 9.64 Å². The van der Waals surface area contributed by atoms with E-state index in [0.29, 0.717) is 34.5 Å². The molecule has 2 aromatic rings.